The molecule has 1 aromatic heterocycles. The number of carbonyl (C=O) groups excluding carboxylic acids is 3. The van der Waals surface area contributed by atoms with Gasteiger partial charge in [0.2, 0.25) is 17.5 Å². The van der Waals surface area contributed by atoms with Gasteiger partial charge in [-0.15, -0.1) is 0 Å². The minimum Gasteiger partial charge on any atom is -0.361 e. The van der Waals surface area contributed by atoms with E-state index in [1.54, 1.807) is 4.90 Å². The van der Waals surface area contributed by atoms with Crippen molar-refractivity contribution in [1.29, 1.82) is 0 Å². The molecule has 6 atom stereocenters. The Kier molecular flexibility index (Phi) is 4.52. The minimum atomic E-state index is -1.93. The molecule has 36 heavy (non-hydrogen) atoms. The van der Waals surface area contributed by atoms with E-state index < -0.39 is 23.6 Å². The van der Waals surface area contributed by atoms with Crippen LogP contribution in [0.2, 0.25) is 0 Å². The maximum absolute atomic E-state index is 13.6. The first-order valence-electron chi connectivity index (χ1n) is 12.8. The summed E-state index contributed by atoms with van der Waals surface area (Å²) in [5.74, 6) is -3.15. The number of likely N-dealkylation sites (N-methyl/N-ethyl adjacent to an activating group) is 1. The number of rotatable bonds is 2. The van der Waals surface area contributed by atoms with Crippen LogP contribution in [0.3, 0.4) is 0 Å². The van der Waals surface area contributed by atoms with Crippen LogP contribution in [-0.2, 0) is 25.5 Å². The summed E-state index contributed by atoms with van der Waals surface area (Å²) in [5, 5.41) is 15.5. The number of nitrogens with one attached hydrogen (secondary N) is 2. The summed E-state index contributed by atoms with van der Waals surface area (Å²) in [7, 11) is 2.05. The number of carbonyl (C=O) groups is 3. The maximum atomic E-state index is 13.6. The van der Waals surface area contributed by atoms with Gasteiger partial charge in [-0.2, -0.15) is 0 Å². The van der Waals surface area contributed by atoms with Gasteiger partial charge < -0.3 is 25.2 Å². The summed E-state index contributed by atoms with van der Waals surface area (Å²) < 4.78 is 5.98. The van der Waals surface area contributed by atoms with E-state index in [1.807, 2.05) is 0 Å². The van der Waals surface area contributed by atoms with Crippen LogP contribution in [0.25, 0.3) is 10.9 Å². The number of amides is 3. The summed E-state index contributed by atoms with van der Waals surface area (Å²) in [6.45, 7) is 2.33. The molecule has 10 heteroatoms. The number of benzene rings is 1. The summed E-state index contributed by atoms with van der Waals surface area (Å²) in [6, 6.07) is 5.98. The van der Waals surface area contributed by atoms with Crippen molar-refractivity contribution < 1.29 is 24.2 Å². The molecule has 1 aliphatic carbocycles. The Hall–Kier alpha value is -2.95. The van der Waals surface area contributed by atoms with Crippen LogP contribution >= 0.6 is 0 Å². The van der Waals surface area contributed by atoms with E-state index in [0.717, 1.165) is 23.3 Å². The number of H-pyrrole nitrogens is 1. The highest BCUT2D eigenvalue weighted by Gasteiger charge is 2.67. The summed E-state index contributed by atoms with van der Waals surface area (Å²) in [4.78, 5) is 47.9. The lowest BCUT2D eigenvalue weighted by Gasteiger charge is -2.45. The molecule has 5 aliphatic rings. The van der Waals surface area contributed by atoms with Crippen molar-refractivity contribution in [1.82, 2.24) is 25.0 Å². The van der Waals surface area contributed by atoms with Gasteiger partial charge in [-0.25, -0.2) is 0 Å². The molecule has 10 nitrogen and oxygen atoms in total. The molecule has 3 amide bonds. The largest absolute Gasteiger partial charge is 0.361 e. The average Bonchev–Trinajstić information content (AvgIpc) is 3.54. The lowest BCUT2D eigenvalue weighted by Crippen LogP contribution is -2.67. The average molecular weight is 494 g/mol. The van der Waals surface area contributed by atoms with E-state index >= 15 is 0 Å². The van der Waals surface area contributed by atoms with Crippen LogP contribution in [-0.4, -0.2) is 92.9 Å². The third-order valence-electron chi connectivity index (χ3n) is 9.15. The van der Waals surface area contributed by atoms with Crippen LogP contribution in [0.1, 0.15) is 43.2 Å². The lowest BCUT2D eigenvalue weighted by molar-refractivity contribution is -0.307. The Bertz CT molecular complexity index is 1310. The van der Waals surface area contributed by atoms with Crippen molar-refractivity contribution in [3.63, 3.8) is 0 Å². The van der Waals surface area contributed by atoms with E-state index in [0.29, 0.717) is 32.0 Å². The highest BCUT2D eigenvalue weighted by Crippen LogP contribution is 2.46. The second-order valence-corrected chi connectivity index (χ2v) is 11.3. The number of likely N-dealkylation sites (tertiary alicyclic amines) is 1. The van der Waals surface area contributed by atoms with E-state index in [4.69, 9.17) is 4.74 Å². The zero-order chi connectivity index (χ0) is 25.0. The fraction of sp³-hybridized carbons (Fsp3) is 0.577. The van der Waals surface area contributed by atoms with Gasteiger partial charge in [-0.3, -0.25) is 24.0 Å². The molecule has 1 aromatic carbocycles. The smallest absolute Gasteiger partial charge is 0.280 e. The fourth-order valence-electron chi connectivity index (χ4n) is 7.47. The van der Waals surface area contributed by atoms with Crippen LogP contribution in [0, 0.1) is 5.92 Å². The number of hydrogen-bond donors (Lipinski definition) is 3. The Balaban J connectivity index is 1.14. The predicted octanol–water partition coefficient (Wildman–Crippen LogP) is 0.470. The molecule has 2 unspecified atom stereocenters. The first-order chi connectivity index (χ1) is 17.2. The molecule has 4 fully saturated rings. The molecule has 4 saturated heterocycles. The van der Waals surface area contributed by atoms with Crippen molar-refractivity contribution >= 4 is 28.6 Å². The molecular formula is C26H31N5O5. The van der Waals surface area contributed by atoms with Crippen LogP contribution in [0.4, 0.5) is 0 Å². The van der Waals surface area contributed by atoms with Crippen LogP contribution in [0.15, 0.2) is 24.4 Å². The number of ether oxygens (including phenoxy) is 1. The molecule has 190 valence electrons. The van der Waals surface area contributed by atoms with Crippen molar-refractivity contribution in [2.45, 2.75) is 62.2 Å². The zero-order valence-electron chi connectivity index (χ0n) is 20.5. The second-order valence-electron chi connectivity index (χ2n) is 11.3. The van der Waals surface area contributed by atoms with Gasteiger partial charge in [-0.05, 0) is 56.8 Å². The minimum absolute atomic E-state index is 0.194. The van der Waals surface area contributed by atoms with E-state index in [-0.39, 0.29) is 30.2 Å². The molecule has 4 aliphatic heterocycles. The number of hydrogen-bond acceptors (Lipinski definition) is 6. The van der Waals surface area contributed by atoms with Crippen LogP contribution < -0.4 is 5.32 Å². The normalized spacial score (nSPS) is 37.8. The Labute approximate surface area is 208 Å². The Morgan fingerprint density at radius 1 is 1.31 bits per heavy atom. The number of aromatic nitrogens is 1. The molecule has 7 rings (SSSR count). The standard InChI is InChI=1S/C26H31N5O5/c1-25(24(34)31-13-21(32)30-8-4-7-20(30)26(31,35)36-25)28-23(33)15-9-17-16-5-3-6-18-22(16)14(11-27-18)10-19(17)29(2)12-15/h3,5-6,11,15,17,19-20,27,35H,4,7-10,12-13H2,1-2H3,(H,28,33)/t15-,17?,19-,20+,25-,26?/m1/s1. The highest BCUT2D eigenvalue weighted by molar-refractivity contribution is 5.96. The quantitative estimate of drug-likeness (QED) is 0.560. The lowest BCUT2D eigenvalue weighted by atomic mass is 9.72. The van der Waals surface area contributed by atoms with Crippen molar-refractivity contribution in [2.75, 3.05) is 26.7 Å². The molecule has 5 heterocycles. The maximum Gasteiger partial charge on any atom is 0.280 e. The van der Waals surface area contributed by atoms with Gasteiger partial charge in [0, 0.05) is 42.1 Å². The molecule has 0 saturated carbocycles. The van der Waals surface area contributed by atoms with Crippen molar-refractivity contribution in [3.8, 4) is 0 Å². The molecule has 0 spiro atoms. The number of nitrogens with zero attached hydrogens (tertiary/aromatic N) is 3. The van der Waals surface area contributed by atoms with Crippen molar-refractivity contribution in [3.05, 3.63) is 35.5 Å². The molecule has 0 bridgehead atoms. The number of aromatic amines is 1. The first-order valence-corrected chi connectivity index (χ1v) is 12.8. The molecule has 3 N–H and O–H groups in total. The highest BCUT2D eigenvalue weighted by atomic mass is 16.7. The third kappa shape index (κ3) is 2.86. The van der Waals surface area contributed by atoms with Gasteiger partial charge in [0.25, 0.3) is 11.8 Å². The Morgan fingerprint density at radius 3 is 2.97 bits per heavy atom. The Morgan fingerprint density at radius 2 is 2.14 bits per heavy atom. The van der Waals surface area contributed by atoms with Crippen molar-refractivity contribution in [2.24, 2.45) is 5.92 Å². The number of piperazine rings is 1. The van der Waals surface area contributed by atoms with E-state index in [2.05, 4.69) is 46.6 Å². The summed E-state index contributed by atoms with van der Waals surface area (Å²) in [5.41, 5.74) is 1.96. The monoisotopic (exact) mass is 493 g/mol. The zero-order valence-corrected chi connectivity index (χ0v) is 20.5. The molecule has 0 radical (unpaired) electrons. The topological polar surface area (TPSA) is 118 Å². The third-order valence-corrected chi connectivity index (χ3v) is 9.15. The van der Waals surface area contributed by atoms with Gasteiger partial charge >= 0.3 is 0 Å². The SMILES string of the molecule is CN1C[C@H](C(=O)N[C@]2(C)OC3(O)[C@@H]4CCCN4C(=O)CN3C2=O)CC2c3cccc4[nH]cc(c34)C[C@H]21. The van der Waals surface area contributed by atoms with Crippen LogP contribution in [0.5, 0.6) is 0 Å². The second kappa shape index (κ2) is 7.30. The van der Waals surface area contributed by atoms with Gasteiger partial charge in [0.15, 0.2) is 0 Å². The number of aliphatic hydroxyl groups is 1. The van der Waals surface area contributed by atoms with E-state index in [1.165, 1.54) is 23.4 Å². The predicted molar refractivity (Wildman–Crippen MR) is 128 cm³/mol. The number of fused-ring (bicyclic) bond motifs is 5. The van der Waals surface area contributed by atoms with Gasteiger partial charge in [-0.1, -0.05) is 12.1 Å². The fourth-order valence-corrected chi connectivity index (χ4v) is 7.47. The van der Waals surface area contributed by atoms with Gasteiger partial charge in [0.1, 0.15) is 12.6 Å². The molecular weight excluding hydrogens is 462 g/mol. The summed E-state index contributed by atoms with van der Waals surface area (Å²) in [6.07, 6.45) is 4.97. The number of piperidine rings is 1. The van der Waals surface area contributed by atoms with Gasteiger partial charge in [0.05, 0.1) is 5.92 Å². The summed E-state index contributed by atoms with van der Waals surface area (Å²) >= 11 is 0. The first kappa shape index (κ1) is 22.3. The molecule has 2 aromatic rings. The van der Waals surface area contributed by atoms with E-state index in [9.17, 15) is 19.5 Å².